The van der Waals surface area contributed by atoms with E-state index in [0.717, 1.165) is 22.7 Å². The fourth-order valence-electron chi connectivity index (χ4n) is 9.72. The maximum atomic E-state index is 2.39. The minimum atomic E-state index is -2.98. The van der Waals surface area contributed by atoms with Crippen molar-refractivity contribution < 1.29 is 0 Å². The molecule has 0 saturated carbocycles. The molecule has 4 aromatic heterocycles. The summed E-state index contributed by atoms with van der Waals surface area (Å²) in [6.45, 7) is 0. The standard InChI is InChI=1S/C56H40N4Si/c1-5-13-53-41(9-1)33-37-57(53)45-17-25-49(26-18-45)61(50-27-19-46(20-28-50)58-38-34-42-10-2-6-14-54(42)58,51-29-21-47(22-30-51)59-39-35-43-11-3-7-15-55(43)59)52-31-23-48(24-32-52)60-40-36-44-12-4-8-16-56(44)60/h1-40H. The van der Waals surface area contributed by atoms with Gasteiger partial charge in [0.1, 0.15) is 0 Å². The minimum Gasteiger partial charge on any atom is -0.317 e. The Morgan fingerprint density at radius 2 is 0.426 bits per heavy atom. The molecule has 5 heteroatoms. The largest absolute Gasteiger partial charge is 0.317 e. The van der Waals surface area contributed by atoms with Crippen LogP contribution < -0.4 is 20.7 Å². The van der Waals surface area contributed by atoms with Crippen LogP contribution in [0.2, 0.25) is 0 Å². The van der Waals surface area contributed by atoms with Crippen LogP contribution in [0.15, 0.2) is 243 Å². The molecule has 4 nitrogen and oxygen atoms in total. The minimum absolute atomic E-state index is 1.15. The van der Waals surface area contributed by atoms with E-state index in [4.69, 9.17) is 0 Å². The van der Waals surface area contributed by atoms with Gasteiger partial charge in [-0.1, -0.05) is 121 Å². The average molecular weight is 797 g/mol. The summed E-state index contributed by atoms with van der Waals surface area (Å²) in [6, 6.07) is 80.8. The van der Waals surface area contributed by atoms with Crippen molar-refractivity contribution in [2.24, 2.45) is 0 Å². The monoisotopic (exact) mass is 796 g/mol. The number of hydrogen-bond acceptors (Lipinski definition) is 0. The second-order valence-corrected chi connectivity index (χ2v) is 19.7. The van der Waals surface area contributed by atoms with Crippen molar-refractivity contribution in [3.05, 3.63) is 243 Å². The highest BCUT2D eigenvalue weighted by Gasteiger charge is 2.41. The molecule has 0 spiro atoms. The van der Waals surface area contributed by atoms with Crippen molar-refractivity contribution in [1.29, 1.82) is 0 Å². The van der Waals surface area contributed by atoms with Crippen LogP contribution >= 0.6 is 0 Å². The number of nitrogens with zero attached hydrogens (tertiary/aromatic N) is 4. The van der Waals surface area contributed by atoms with Gasteiger partial charge < -0.3 is 18.3 Å². The predicted molar refractivity (Wildman–Crippen MR) is 257 cm³/mol. The third kappa shape index (κ3) is 5.66. The topological polar surface area (TPSA) is 19.7 Å². The zero-order valence-electron chi connectivity index (χ0n) is 33.4. The van der Waals surface area contributed by atoms with Gasteiger partial charge in [-0.2, -0.15) is 0 Å². The van der Waals surface area contributed by atoms with E-state index >= 15 is 0 Å². The molecule has 0 radical (unpaired) electrons. The molecule has 0 fully saturated rings. The summed E-state index contributed by atoms with van der Waals surface area (Å²) in [7, 11) is -2.98. The van der Waals surface area contributed by atoms with Gasteiger partial charge in [0, 0.05) is 47.5 Å². The van der Waals surface area contributed by atoms with Gasteiger partial charge in [0.25, 0.3) is 0 Å². The first kappa shape index (κ1) is 35.1. The van der Waals surface area contributed by atoms with Crippen LogP contribution in [0, 0.1) is 0 Å². The summed E-state index contributed by atoms with van der Waals surface area (Å²) in [5, 5.41) is 10.2. The molecule has 0 N–H and O–H groups in total. The normalized spacial score (nSPS) is 11.9. The van der Waals surface area contributed by atoms with Gasteiger partial charge in [0.15, 0.2) is 8.07 Å². The molecule has 0 amide bonds. The smallest absolute Gasteiger partial charge is 0.179 e. The van der Waals surface area contributed by atoms with Crippen molar-refractivity contribution >= 4 is 72.4 Å². The van der Waals surface area contributed by atoms with Crippen molar-refractivity contribution in [2.45, 2.75) is 0 Å². The lowest BCUT2D eigenvalue weighted by Gasteiger charge is -2.35. The quantitative estimate of drug-likeness (QED) is 0.108. The summed E-state index contributed by atoms with van der Waals surface area (Å²) in [6.07, 6.45) is 8.73. The number of hydrogen-bond donors (Lipinski definition) is 0. The van der Waals surface area contributed by atoms with E-state index in [0.29, 0.717) is 0 Å². The lowest BCUT2D eigenvalue weighted by atomic mass is 10.2. The van der Waals surface area contributed by atoms with Gasteiger partial charge in [0.2, 0.25) is 0 Å². The lowest BCUT2D eigenvalue weighted by Crippen LogP contribution is -2.74. The summed E-state index contributed by atoms with van der Waals surface area (Å²) in [5.41, 5.74) is 9.39. The van der Waals surface area contributed by atoms with E-state index in [1.54, 1.807) is 0 Å². The number of benzene rings is 8. The van der Waals surface area contributed by atoms with Gasteiger partial charge >= 0.3 is 0 Å². The molecule has 0 bridgehead atoms. The van der Waals surface area contributed by atoms with Crippen LogP contribution in [0.3, 0.4) is 0 Å². The zero-order valence-corrected chi connectivity index (χ0v) is 34.4. The van der Waals surface area contributed by atoms with E-state index in [-0.39, 0.29) is 0 Å². The van der Waals surface area contributed by atoms with E-state index < -0.39 is 8.07 Å². The zero-order chi connectivity index (χ0) is 40.3. The number of aromatic nitrogens is 4. The third-order valence-corrected chi connectivity index (χ3v) is 17.5. The molecule has 288 valence electrons. The second kappa shape index (κ2) is 14.2. The van der Waals surface area contributed by atoms with Gasteiger partial charge in [0.05, 0.1) is 22.1 Å². The molecule has 12 aromatic rings. The van der Waals surface area contributed by atoms with E-state index in [2.05, 4.69) is 261 Å². The van der Waals surface area contributed by atoms with E-state index in [9.17, 15) is 0 Å². The maximum absolute atomic E-state index is 2.98. The molecule has 0 aliphatic carbocycles. The number of fused-ring (bicyclic) bond motifs is 4. The second-order valence-electron chi connectivity index (χ2n) is 15.9. The first-order chi connectivity index (χ1) is 30.2. The number of rotatable bonds is 8. The van der Waals surface area contributed by atoms with E-state index in [1.807, 2.05) is 0 Å². The van der Waals surface area contributed by atoms with E-state index in [1.165, 1.54) is 64.4 Å². The first-order valence-electron chi connectivity index (χ1n) is 20.9. The van der Waals surface area contributed by atoms with Crippen molar-refractivity contribution in [2.75, 3.05) is 0 Å². The molecule has 0 aliphatic rings. The molecule has 0 unspecified atom stereocenters. The Labute approximate surface area is 355 Å². The Balaban J connectivity index is 1.07. The molecular weight excluding hydrogens is 757 g/mol. The van der Waals surface area contributed by atoms with Gasteiger partial charge in [-0.3, -0.25) is 0 Å². The molecule has 61 heavy (non-hydrogen) atoms. The fourth-order valence-corrected chi connectivity index (χ4v) is 14.4. The highest BCUT2D eigenvalue weighted by Crippen LogP contribution is 2.25. The SMILES string of the molecule is c1ccc2c(c1)ccn2-c1ccc([Si](c2ccc(-n3ccc4ccccc43)cc2)(c2ccc(-n3ccc4ccccc43)cc2)c2ccc(-n3ccc4ccccc43)cc2)cc1. The van der Waals surface area contributed by atoms with Crippen molar-refractivity contribution in [1.82, 2.24) is 18.3 Å². The molecule has 8 aromatic carbocycles. The molecular formula is C56H40N4Si. The highest BCUT2D eigenvalue weighted by molar-refractivity contribution is 7.19. The van der Waals surface area contributed by atoms with Gasteiger partial charge in [-0.15, -0.1) is 0 Å². The summed E-state index contributed by atoms with van der Waals surface area (Å²) >= 11 is 0. The van der Waals surface area contributed by atoms with Crippen LogP contribution in [-0.2, 0) is 0 Å². The van der Waals surface area contributed by atoms with Crippen molar-refractivity contribution in [3.8, 4) is 22.7 Å². The van der Waals surface area contributed by atoms with Crippen LogP contribution in [0.1, 0.15) is 0 Å². The van der Waals surface area contributed by atoms with Crippen LogP contribution in [0.25, 0.3) is 66.4 Å². The number of para-hydroxylation sites is 4. The highest BCUT2D eigenvalue weighted by atomic mass is 28.3. The summed E-state index contributed by atoms with van der Waals surface area (Å²) in [5.74, 6) is 0. The molecule has 0 atom stereocenters. The Bertz CT molecular complexity index is 3030. The Hall–Kier alpha value is -7.86. The summed E-state index contributed by atoms with van der Waals surface area (Å²) in [4.78, 5) is 0. The molecule has 0 saturated heterocycles. The first-order valence-corrected chi connectivity index (χ1v) is 22.9. The molecule has 12 rings (SSSR count). The van der Waals surface area contributed by atoms with Gasteiger partial charge in [-0.25, -0.2) is 0 Å². The third-order valence-electron chi connectivity index (χ3n) is 12.7. The van der Waals surface area contributed by atoms with Crippen LogP contribution in [-0.4, -0.2) is 26.3 Å². The van der Waals surface area contributed by atoms with Crippen molar-refractivity contribution in [3.63, 3.8) is 0 Å². The molecule has 0 aliphatic heterocycles. The molecule has 4 heterocycles. The van der Waals surface area contributed by atoms with Crippen LogP contribution in [0.4, 0.5) is 0 Å². The lowest BCUT2D eigenvalue weighted by molar-refractivity contribution is 1.13. The van der Waals surface area contributed by atoms with Gasteiger partial charge in [-0.05, 0) is 139 Å². The average Bonchev–Trinajstić information content (AvgIpc) is 4.16. The predicted octanol–water partition coefficient (Wildman–Crippen LogP) is 10.8. The summed E-state index contributed by atoms with van der Waals surface area (Å²) < 4.78 is 9.19. The maximum Gasteiger partial charge on any atom is 0.179 e. The fraction of sp³-hybridized carbons (Fsp3) is 0. The van der Waals surface area contributed by atoms with Crippen LogP contribution in [0.5, 0.6) is 0 Å². The Morgan fingerprint density at radius 3 is 0.656 bits per heavy atom. The Kier molecular flexibility index (Phi) is 8.15. The Morgan fingerprint density at radius 1 is 0.213 bits per heavy atom.